The van der Waals surface area contributed by atoms with Crippen LogP contribution in [0.15, 0.2) is 33.5 Å². The summed E-state index contributed by atoms with van der Waals surface area (Å²) < 4.78 is 5.12. The quantitative estimate of drug-likeness (QED) is 0.570. The Morgan fingerprint density at radius 1 is 1.22 bits per heavy atom. The third kappa shape index (κ3) is 2.38. The van der Waals surface area contributed by atoms with Gasteiger partial charge in [0.1, 0.15) is 11.3 Å². The zero-order chi connectivity index (χ0) is 13.3. The number of para-hydroxylation sites is 1. The van der Waals surface area contributed by atoms with Crippen molar-refractivity contribution < 1.29 is 4.42 Å². The van der Waals surface area contributed by atoms with Gasteiger partial charge in [0, 0.05) is 10.8 Å². The van der Waals surface area contributed by atoms with Crippen LogP contribution in [0.3, 0.4) is 0 Å². The van der Waals surface area contributed by atoms with E-state index in [1.807, 2.05) is 39.0 Å². The standard InChI is InChI=1S/C15H15NO2/c1-15(2,3)9-8-11-10-6-4-5-7-12(10)18-14(17)13(11)16/h4-7H,16H2,1-3H3. The van der Waals surface area contributed by atoms with E-state index in [9.17, 15) is 4.79 Å². The maximum Gasteiger partial charge on any atom is 0.360 e. The van der Waals surface area contributed by atoms with Crippen LogP contribution in [0, 0.1) is 17.3 Å². The predicted octanol–water partition coefficient (Wildman–Crippen LogP) is 2.77. The van der Waals surface area contributed by atoms with Gasteiger partial charge in [0.05, 0.1) is 5.56 Å². The molecule has 92 valence electrons. The molecule has 0 radical (unpaired) electrons. The summed E-state index contributed by atoms with van der Waals surface area (Å²) in [5.41, 5.74) is 6.22. The molecule has 0 aliphatic heterocycles. The molecule has 0 saturated carbocycles. The number of fused-ring (bicyclic) bond motifs is 1. The molecule has 0 aliphatic carbocycles. The molecule has 0 unspecified atom stereocenters. The Kier molecular flexibility index (Phi) is 2.88. The monoisotopic (exact) mass is 241 g/mol. The summed E-state index contributed by atoms with van der Waals surface area (Å²) in [6.07, 6.45) is 0. The Labute approximate surface area is 106 Å². The van der Waals surface area contributed by atoms with Crippen LogP contribution in [-0.4, -0.2) is 0 Å². The van der Waals surface area contributed by atoms with Crippen molar-refractivity contribution in [3.63, 3.8) is 0 Å². The molecule has 2 N–H and O–H groups in total. The molecular formula is C15H15NO2. The summed E-state index contributed by atoms with van der Waals surface area (Å²) >= 11 is 0. The maximum absolute atomic E-state index is 11.6. The van der Waals surface area contributed by atoms with Crippen LogP contribution in [0.4, 0.5) is 5.69 Å². The topological polar surface area (TPSA) is 56.2 Å². The number of hydrogen-bond donors (Lipinski definition) is 1. The molecule has 0 atom stereocenters. The molecule has 1 aromatic heterocycles. The summed E-state index contributed by atoms with van der Waals surface area (Å²) in [6, 6.07) is 7.26. The third-order valence-electron chi connectivity index (χ3n) is 2.41. The Morgan fingerprint density at radius 2 is 1.89 bits per heavy atom. The lowest BCUT2D eigenvalue weighted by atomic mass is 9.97. The molecule has 2 rings (SSSR count). The highest BCUT2D eigenvalue weighted by Gasteiger charge is 2.10. The van der Waals surface area contributed by atoms with E-state index in [2.05, 4.69) is 11.8 Å². The van der Waals surface area contributed by atoms with Gasteiger partial charge in [-0.3, -0.25) is 0 Å². The van der Waals surface area contributed by atoms with E-state index in [1.165, 1.54) is 0 Å². The van der Waals surface area contributed by atoms with Crippen molar-refractivity contribution in [1.82, 2.24) is 0 Å². The minimum Gasteiger partial charge on any atom is -0.421 e. The fraction of sp³-hybridized carbons (Fsp3) is 0.267. The van der Waals surface area contributed by atoms with Crippen molar-refractivity contribution in [3.05, 3.63) is 40.2 Å². The molecule has 0 amide bonds. The zero-order valence-corrected chi connectivity index (χ0v) is 10.7. The van der Waals surface area contributed by atoms with Crippen LogP contribution in [0.1, 0.15) is 26.3 Å². The number of benzene rings is 1. The highest BCUT2D eigenvalue weighted by molar-refractivity contribution is 5.87. The van der Waals surface area contributed by atoms with Gasteiger partial charge in [-0.25, -0.2) is 4.79 Å². The summed E-state index contributed by atoms with van der Waals surface area (Å²) in [6.45, 7) is 6.01. The number of hydrogen-bond acceptors (Lipinski definition) is 3. The largest absolute Gasteiger partial charge is 0.421 e. The third-order valence-corrected chi connectivity index (χ3v) is 2.41. The molecule has 2 aromatic rings. The summed E-state index contributed by atoms with van der Waals surface area (Å²) in [5, 5.41) is 0.770. The van der Waals surface area contributed by atoms with E-state index < -0.39 is 5.63 Å². The lowest BCUT2D eigenvalue weighted by molar-refractivity contribution is 0.563. The molecule has 0 bridgehead atoms. The van der Waals surface area contributed by atoms with E-state index >= 15 is 0 Å². The van der Waals surface area contributed by atoms with Crippen molar-refractivity contribution in [2.24, 2.45) is 5.41 Å². The molecule has 0 spiro atoms. The Bertz CT molecular complexity index is 709. The fourth-order valence-electron chi connectivity index (χ4n) is 1.55. The normalized spacial score (nSPS) is 11.1. The van der Waals surface area contributed by atoms with Crippen molar-refractivity contribution in [2.75, 3.05) is 5.73 Å². The van der Waals surface area contributed by atoms with Gasteiger partial charge in [-0.05, 0) is 32.9 Å². The molecule has 0 aliphatic rings. The van der Waals surface area contributed by atoms with Gasteiger partial charge in [0.25, 0.3) is 0 Å². The second-order valence-electron chi connectivity index (χ2n) is 5.17. The van der Waals surface area contributed by atoms with Crippen LogP contribution < -0.4 is 11.4 Å². The van der Waals surface area contributed by atoms with E-state index in [0.717, 1.165) is 5.39 Å². The summed E-state index contributed by atoms with van der Waals surface area (Å²) in [7, 11) is 0. The van der Waals surface area contributed by atoms with Crippen molar-refractivity contribution >= 4 is 16.7 Å². The zero-order valence-electron chi connectivity index (χ0n) is 10.7. The van der Waals surface area contributed by atoms with Crippen LogP contribution in [-0.2, 0) is 0 Å². The van der Waals surface area contributed by atoms with Gasteiger partial charge < -0.3 is 10.2 Å². The maximum atomic E-state index is 11.6. The van der Waals surface area contributed by atoms with Gasteiger partial charge in [-0.1, -0.05) is 24.0 Å². The van der Waals surface area contributed by atoms with Gasteiger partial charge in [0.2, 0.25) is 0 Å². The second kappa shape index (κ2) is 4.23. The molecule has 1 aromatic carbocycles. The number of nitrogen functional groups attached to an aromatic ring is 1. The second-order valence-corrected chi connectivity index (χ2v) is 5.17. The SMILES string of the molecule is CC(C)(C)C#Cc1c(N)c(=O)oc2ccccc12. The first kappa shape index (κ1) is 12.3. The number of rotatable bonds is 0. The number of anilines is 1. The van der Waals surface area contributed by atoms with Crippen LogP contribution >= 0.6 is 0 Å². The first-order chi connectivity index (χ1) is 8.38. The van der Waals surface area contributed by atoms with Gasteiger partial charge in [-0.2, -0.15) is 0 Å². The smallest absolute Gasteiger partial charge is 0.360 e. The lowest BCUT2D eigenvalue weighted by Gasteiger charge is -2.08. The lowest BCUT2D eigenvalue weighted by Crippen LogP contribution is -2.09. The minimum atomic E-state index is -0.535. The van der Waals surface area contributed by atoms with Gasteiger partial charge >= 0.3 is 5.63 Å². The highest BCUT2D eigenvalue weighted by Crippen LogP contribution is 2.21. The first-order valence-corrected chi connectivity index (χ1v) is 5.73. The van der Waals surface area contributed by atoms with E-state index in [4.69, 9.17) is 10.2 Å². The molecule has 0 fully saturated rings. The summed E-state index contributed by atoms with van der Waals surface area (Å²) in [5.74, 6) is 6.09. The van der Waals surface area contributed by atoms with Crippen molar-refractivity contribution in [3.8, 4) is 11.8 Å². The molecule has 0 saturated heterocycles. The fourth-order valence-corrected chi connectivity index (χ4v) is 1.55. The van der Waals surface area contributed by atoms with Crippen molar-refractivity contribution in [1.29, 1.82) is 0 Å². The molecule has 1 heterocycles. The van der Waals surface area contributed by atoms with Crippen LogP contribution in [0.5, 0.6) is 0 Å². The van der Waals surface area contributed by atoms with E-state index in [-0.39, 0.29) is 11.1 Å². The predicted molar refractivity (Wildman–Crippen MR) is 73.2 cm³/mol. The number of nitrogens with two attached hydrogens (primary N) is 1. The van der Waals surface area contributed by atoms with E-state index in [0.29, 0.717) is 11.1 Å². The highest BCUT2D eigenvalue weighted by atomic mass is 16.4. The van der Waals surface area contributed by atoms with Gasteiger partial charge in [0.15, 0.2) is 0 Å². The van der Waals surface area contributed by atoms with Crippen LogP contribution in [0.25, 0.3) is 11.0 Å². The molecule has 3 heteroatoms. The summed E-state index contributed by atoms with van der Waals surface area (Å²) in [4.78, 5) is 11.6. The Morgan fingerprint density at radius 3 is 2.56 bits per heavy atom. The first-order valence-electron chi connectivity index (χ1n) is 5.73. The average Bonchev–Trinajstić information content (AvgIpc) is 2.28. The minimum absolute atomic E-state index is 0.0745. The Hall–Kier alpha value is -2.21. The average molecular weight is 241 g/mol. The van der Waals surface area contributed by atoms with Gasteiger partial charge in [-0.15, -0.1) is 0 Å². The Balaban J connectivity index is 2.79. The van der Waals surface area contributed by atoms with E-state index in [1.54, 1.807) is 6.07 Å². The molecule has 18 heavy (non-hydrogen) atoms. The van der Waals surface area contributed by atoms with Crippen LogP contribution in [0.2, 0.25) is 0 Å². The molecule has 3 nitrogen and oxygen atoms in total. The van der Waals surface area contributed by atoms with Crippen molar-refractivity contribution in [2.45, 2.75) is 20.8 Å². The molecular weight excluding hydrogens is 226 g/mol.